The van der Waals surface area contributed by atoms with Gasteiger partial charge in [-0.15, -0.1) is 0 Å². The molecular formula is C57H56ClN7O11. The Kier molecular flexibility index (Phi) is 16.6. The average Bonchev–Trinajstić information content (AvgIpc) is 3.66. The molecule has 4 aliphatic rings. The molecule has 2 saturated heterocycles. The third kappa shape index (κ3) is 12.3. The number of ether oxygens (including phenoxy) is 4. The molecule has 2 unspecified atom stereocenters. The van der Waals surface area contributed by atoms with Crippen molar-refractivity contribution < 1.29 is 52.5 Å². The third-order valence-electron chi connectivity index (χ3n) is 13.8. The lowest BCUT2D eigenvalue weighted by Gasteiger charge is -2.35. The summed E-state index contributed by atoms with van der Waals surface area (Å²) in [5, 5.41) is 20.5. The van der Waals surface area contributed by atoms with Gasteiger partial charge in [0, 0.05) is 56.2 Å². The molecule has 19 heteroatoms. The lowest BCUT2D eigenvalue weighted by atomic mass is 9.96. The van der Waals surface area contributed by atoms with Gasteiger partial charge in [-0.05, 0) is 115 Å². The number of fused-ring (bicyclic) bond motifs is 2. The quantitative estimate of drug-likeness (QED) is 0.0487. The number of halogens is 1. The highest BCUT2D eigenvalue weighted by Crippen LogP contribution is 2.39. The van der Waals surface area contributed by atoms with Crippen molar-refractivity contribution in [1.29, 1.82) is 5.26 Å². The zero-order valence-electron chi connectivity index (χ0n) is 41.8. The highest BCUT2D eigenvalue weighted by atomic mass is 35.5. The van der Waals surface area contributed by atoms with Crippen molar-refractivity contribution in [2.75, 3.05) is 38.2 Å². The third-order valence-corrected chi connectivity index (χ3v) is 14.1. The summed E-state index contributed by atoms with van der Waals surface area (Å²) >= 11 is 6.99. The number of amides is 7. The maximum atomic E-state index is 13.8. The number of hydrogen-bond donors (Lipinski definition) is 4. The van der Waals surface area contributed by atoms with Crippen molar-refractivity contribution in [1.82, 2.24) is 25.8 Å². The van der Waals surface area contributed by atoms with E-state index in [2.05, 4.69) is 45.2 Å². The molecule has 2 atom stereocenters. The van der Waals surface area contributed by atoms with Crippen LogP contribution in [0.2, 0.25) is 5.02 Å². The van der Waals surface area contributed by atoms with Crippen LogP contribution < -0.4 is 40.2 Å². The van der Waals surface area contributed by atoms with Crippen LogP contribution in [0, 0.1) is 18.3 Å². The minimum Gasteiger partial charge on any atom is -0.488 e. The van der Waals surface area contributed by atoms with E-state index in [4.69, 9.17) is 30.5 Å². The van der Waals surface area contributed by atoms with Crippen molar-refractivity contribution in [3.63, 3.8) is 0 Å². The molecule has 392 valence electrons. The van der Waals surface area contributed by atoms with Crippen molar-refractivity contribution in [3.05, 3.63) is 135 Å². The van der Waals surface area contributed by atoms with Gasteiger partial charge in [-0.2, -0.15) is 5.26 Å². The summed E-state index contributed by atoms with van der Waals surface area (Å²) in [6, 6.07) is 27.6. The molecule has 4 heterocycles. The van der Waals surface area contributed by atoms with Crippen LogP contribution in [-0.2, 0) is 43.7 Å². The Hall–Kier alpha value is -8.27. The minimum atomic E-state index is -1.11. The van der Waals surface area contributed by atoms with E-state index in [0.717, 1.165) is 56.9 Å². The second kappa shape index (κ2) is 23.9. The SMILES string of the molecule is Cc1c(COc2cc(OCc3cccc(C#N)c3)c(CN3CCCCC3C(=O)NCCNC(=O)CCCC(=O)Nc3ccc4c(c3)C(=O)N(C3CCC(=O)NC3=O)C4=O)cc2Cl)cccc1-c1ccc2c(c1)OCCO2. The first kappa shape index (κ1) is 52.6. The van der Waals surface area contributed by atoms with Gasteiger partial charge in [0.1, 0.15) is 44.0 Å². The molecule has 4 N–H and O–H groups in total. The van der Waals surface area contributed by atoms with Crippen LogP contribution in [0.15, 0.2) is 91.0 Å². The number of nitrogens with one attached hydrogen (secondary N) is 4. The number of benzene rings is 5. The maximum Gasteiger partial charge on any atom is 0.262 e. The number of nitriles is 1. The van der Waals surface area contributed by atoms with Crippen LogP contribution in [0.4, 0.5) is 5.69 Å². The predicted octanol–water partition coefficient (Wildman–Crippen LogP) is 6.91. The van der Waals surface area contributed by atoms with E-state index >= 15 is 0 Å². The number of imide groups is 2. The molecule has 5 aromatic carbocycles. The van der Waals surface area contributed by atoms with Crippen LogP contribution >= 0.6 is 11.6 Å². The number of nitrogens with zero attached hydrogens (tertiary/aromatic N) is 3. The Morgan fingerprint density at radius 1 is 0.776 bits per heavy atom. The molecule has 9 rings (SSSR count). The standard InChI is InChI=1S/C57H56ClN7O11/c1-34-38(9-5-10-41(34)37-14-18-47-50(27-37)74-24-23-73-47)33-76-49-29-48(75-32-36-8-4-7-35(25-36)30-59)39(26-44(49)58)31-64-22-3-2-11-45(64)54(69)61-21-20-60-51(66)12-6-13-52(67)62-40-15-16-42-43(28-40)57(72)65(56(42)71)46-17-19-53(68)63-55(46)70/h4-5,7-10,14-16,18,25-29,45-46H,2-3,6,11-13,17,19-24,31-33H2,1H3,(H,60,66)(H,61,69)(H,62,67)(H,63,68,70). The molecular weight excluding hydrogens is 994 g/mol. The fourth-order valence-electron chi connectivity index (χ4n) is 9.83. The number of rotatable bonds is 19. The highest BCUT2D eigenvalue weighted by molar-refractivity contribution is 6.32. The number of hydrogen-bond acceptors (Lipinski definition) is 13. The second-order valence-corrected chi connectivity index (χ2v) is 19.4. The van der Waals surface area contributed by atoms with Gasteiger partial charge in [-0.1, -0.05) is 54.4 Å². The van der Waals surface area contributed by atoms with Gasteiger partial charge in [-0.25, -0.2) is 0 Å². The van der Waals surface area contributed by atoms with Crippen LogP contribution in [0.25, 0.3) is 11.1 Å². The lowest BCUT2D eigenvalue weighted by molar-refractivity contribution is -0.136. The topological polar surface area (TPSA) is 235 Å². The first-order valence-corrected chi connectivity index (χ1v) is 25.7. The molecule has 0 aromatic heterocycles. The van der Waals surface area contributed by atoms with Crippen molar-refractivity contribution in [3.8, 4) is 40.2 Å². The molecule has 0 saturated carbocycles. The van der Waals surface area contributed by atoms with Crippen LogP contribution in [-0.4, -0.2) is 96.1 Å². The molecule has 76 heavy (non-hydrogen) atoms. The Morgan fingerprint density at radius 3 is 2.38 bits per heavy atom. The maximum absolute atomic E-state index is 13.8. The summed E-state index contributed by atoms with van der Waals surface area (Å²) < 4.78 is 24.5. The highest BCUT2D eigenvalue weighted by Gasteiger charge is 2.44. The van der Waals surface area contributed by atoms with E-state index in [1.165, 1.54) is 18.2 Å². The van der Waals surface area contributed by atoms with E-state index in [1.54, 1.807) is 24.3 Å². The van der Waals surface area contributed by atoms with E-state index in [0.29, 0.717) is 60.6 Å². The van der Waals surface area contributed by atoms with E-state index in [1.807, 2.05) is 42.5 Å². The van der Waals surface area contributed by atoms with Crippen LogP contribution in [0.1, 0.15) is 99.9 Å². The smallest absolute Gasteiger partial charge is 0.262 e. The van der Waals surface area contributed by atoms with Gasteiger partial charge < -0.3 is 34.9 Å². The van der Waals surface area contributed by atoms with E-state index in [9.17, 15) is 38.8 Å². The number of anilines is 1. The van der Waals surface area contributed by atoms with E-state index in [-0.39, 0.29) is 87.0 Å². The van der Waals surface area contributed by atoms with Gasteiger partial charge in [0.15, 0.2) is 11.5 Å². The van der Waals surface area contributed by atoms with Crippen LogP contribution in [0.3, 0.4) is 0 Å². The average molecular weight is 1050 g/mol. The zero-order chi connectivity index (χ0) is 53.3. The van der Waals surface area contributed by atoms with Gasteiger partial charge in [0.2, 0.25) is 29.5 Å². The molecule has 18 nitrogen and oxygen atoms in total. The molecule has 0 radical (unpaired) electrons. The summed E-state index contributed by atoms with van der Waals surface area (Å²) in [5.74, 6) is -1.04. The molecule has 0 bridgehead atoms. The molecule has 4 aliphatic heterocycles. The lowest BCUT2D eigenvalue weighted by Crippen LogP contribution is -2.54. The Bertz CT molecular complexity index is 3160. The molecule has 0 aliphatic carbocycles. The molecule has 2 fully saturated rings. The minimum absolute atomic E-state index is 0.00208. The van der Waals surface area contributed by atoms with Gasteiger partial charge in [0.25, 0.3) is 11.8 Å². The number of piperidine rings is 2. The van der Waals surface area contributed by atoms with Crippen LogP contribution in [0.5, 0.6) is 23.0 Å². The summed E-state index contributed by atoms with van der Waals surface area (Å²) in [6.07, 6.45) is 2.65. The first-order valence-electron chi connectivity index (χ1n) is 25.3. The Balaban J connectivity index is 0.769. The van der Waals surface area contributed by atoms with Crippen molar-refractivity contribution >= 4 is 58.6 Å². The van der Waals surface area contributed by atoms with Crippen molar-refractivity contribution in [2.45, 2.75) is 90.1 Å². The number of likely N-dealkylation sites (tertiary alicyclic amines) is 1. The first-order chi connectivity index (χ1) is 36.8. The molecule has 0 spiro atoms. The monoisotopic (exact) mass is 1050 g/mol. The molecule has 7 amide bonds. The summed E-state index contributed by atoms with van der Waals surface area (Å²) in [5.41, 5.74) is 6.49. The fourth-order valence-corrected chi connectivity index (χ4v) is 10.1. The fraction of sp³-hybridized carbons (Fsp3) is 0.333. The Labute approximate surface area is 443 Å². The van der Waals surface area contributed by atoms with Crippen molar-refractivity contribution in [2.24, 2.45) is 0 Å². The summed E-state index contributed by atoms with van der Waals surface area (Å²) in [6.45, 7) is 4.80. The summed E-state index contributed by atoms with van der Waals surface area (Å²) in [7, 11) is 0. The normalized spacial score (nSPS) is 17.0. The van der Waals surface area contributed by atoms with Gasteiger partial charge in [-0.3, -0.25) is 48.7 Å². The summed E-state index contributed by atoms with van der Waals surface area (Å²) in [4.78, 5) is 92.4. The Morgan fingerprint density at radius 2 is 1.55 bits per heavy atom. The number of carbonyl (C=O) groups excluding carboxylic acids is 7. The predicted molar refractivity (Wildman–Crippen MR) is 279 cm³/mol. The second-order valence-electron chi connectivity index (χ2n) is 19.0. The van der Waals surface area contributed by atoms with Gasteiger partial charge in [0.05, 0.1) is 33.8 Å². The number of carbonyl (C=O) groups is 7. The van der Waals surface area contributed by atoms with Gasteiger partial charge >= 0.3 is 0 Å². The van der Waals surface area contributed by atoms with E-state index < -0.39 is 41.6 Å². The zero-order valence-corrected chi connectivity index (χ0v) is 42.6. The largest absolute Gasteiger partial charge is 0.488 e. The molecule has 5 aromatic rings.